The molecule has 0 radical (unpaired) electrons. The zero-order valence-electron chi connectivity index (χ0n) is 8.52. The van der Waals surface area contributed by atoms with Crippen molar-refractivity contribution in [1.29, 1.82) is 0 Å². The SMILES string of the molecule is CCCCCC(C)=CC(=O)CC. The van der Waals surface area contributed by atoms with Crippen molar-refractivity contribution < 1.29 is 4.79 Å². The second-order valence-electron chi connectivity index (χ2n) is 3.27. The van der Waals surface area contributed by atoms with Crippen LogP contribution in [-0.2, 0) is 4.79 Å². The van der Waals surface area contributed by atoms with Gasteiger partial charge in [0.25, 0.3) is 0 Å². The van der Waals surface area contributed by atoms with E-state index in [1.807, 2.05) is 13.8 Å². The number of rotatable bonds is 6. The van der Waals surface area contributed by atoms with E-state index in [4.69, 9.17) is 0 Å². The van der Waals surface area contributed by atoms with Crippen LogP contribution < -0.4 is 0 Å². The van der Waals surface area contributed by atoms with Gasteiger partial charge < -0.3 is 0 Å². The van der Waals surface area contributed by atoms with E-state index in [9.17, 15) is 4.79 Å². The lowest BCUT2D eigenvalue weighted by Crippen LogP contribution is -1.90. The smallest absolute Gasteiger partial charge is 0.155 e. The molecule has 0 aliphatic rings. The van der Waals surface area contributed by atoms with Crippen LogP contribution in [0.5, 0.6) is 0 Å². The van der Waals surface area contributed by atoms with Crippen molar-refractivity contribution in [1.82, 2.24) is 0 Å². The zero-order valence-corrected chi connectivity index (χ0v) is 8.52. The summed E-state index contributed by atoms with van der Waals surface area (Å²) in [6.07, 6.45) is 7.23. The Morgan fingerprint density at radius 3 is 2.42 bits per heavy atom. The second kappa shape index (κ2) is 7.08. The highest BCUT2D eigenvalue weighted by atomic mass is 16.1. The molecule has 1 heteroatoms. The number of ketones is 1. The van der Waals surface area contributed by atoms with Gasteiger partial charge in [0.05, 0.1) is 0 Å². The summed E-state index contributed by atoms with van der Waals surface area (Å²) in [5.41, 5.74) is 1.23. The molecule has 0 atom stereocenters. The van der Waals surface area contributed by atoms with E-state index in [1.54, 1.807) is 6.08 Å². The first kappa shape index (κ1) is 11.4. The Bertz CT molecular complexity index is 156. The lowest BCUT2D eigenvalue weighted by atomic mass is 10.1. The van der Waals surface area contributed by atoms with E-state index >= 15 is 0 Å². The number of hydrogen-bond acceptors (Lipinski definition) is 1. The van der Waals surface area contributed by atoms with Crippen LogP contribution in [0.4, 0.5) is 0 Å². The summed E-state index contributed by atoms with van der Waals surface area (Å²) in [6.45, 7) is 6.14. The van der Waals surface area contributed by atoms with Crippen LogP contribution in [-0.4, -0.2) is 5.78 Å². The van der Waals surface area contributed by atoms with Gasteiger partial charge in [0.15, 0.2) is 5.78 Å². The van der Waals surface area contributed by atoms with Gasteiger partial charge in [-0.1, -0.05) is 32.3 Å². The Labute approximate surface area is 75.9 Å². The Morgan fingerprint density at radius 1 is 1.25 bits per heavy atom. The van der Waals surface area contributed by atoms with Gasteiger partial charge in [-0.15, -0.1) is 0 Å². The van der Waals surface area contributed by atoms with Crippen molar-refractivity contribution in [2.24, 2.45) is 0 Å². The van der Waals surface area contributed by atoms with Crippen LogP contribution in [0.2, 0.25) is 0 Å². The fourth-order valence-electron chi connectivity index (χ4n) is 1.10. The number of unbranched alkanes of at least 4 members (excludes halogenated alkanes) is 2. The first-order chi connectivity index (χ1) is 5.70. The molecule has 0 N–H and O–H groups in total. The van der Waals surface area contributed by atoms with Gasteiger partial charge in [0.1, 0.15) is 0 Å². The molecule has 0 unspecified atom stereocenters. The number of allylic oxidation sites excluding steroid dienone is 2. The molecule has 0 aromatic rings. The molecular weight excluding hydrogens is 148 g/mol. The standard InChI is InChI=1S/C11H20O/c1-4-6-7-8-10(3)9-11(12)5-2/h9H,4-8H2,1-3H3. The summed E-state index contributed by atoms with van der Waals surface area (Å²) in [7, 11) is 0. The van der Waals surface area contributed by atoms with Crippen molar-refractivity contribution in [3.63, 3.8) is 0 Å². The molecule has 0 rings (SSSR count). The van der Waals surface area contributed by atoms with Crippen LogP contribution in [0.3, 0.4) is 0 Å². The van der Waals surface area contributed by atoms with E-state index in [1.165, 1.54) is 24.8 Å². The van der Waals surface area contributed by atoms with E-state index in [2.05, 4.69) is 6.92 Å². The average Bonchev–Trinajstić information content (AvgIpc) is 2.05. The van der Waals surface area contributed by atoms with Crippen molar-refractivity contribution >= 4 is 5.78 Å². The van der Waals surface area contributed by atoms with E-state index in [0.717, 1.165) is 6.42 Å². The van der Waals surface area contributed by atoms with Crippen molar-refractivity contribution in [2.75, 3.05) is 0 Å². The van der Waals surface area contributed by atoms with Crippen LogP contribution in [0.25, 0.3) is 0 Å². The van der Waals surface area contributed by atoms with Crippen molar-refractivity contribution in [2.45, 2.75) is 52.9 Å². The normalized spacial score (nSPS) is 11.8. The number of carbonyl (C=O) groups is 1. The molecule has 70 valence electrons. The molecule has 0 aromatic carbocycles. The third kappa shape index (κ3) is 6.14. The number of carbonyl (C=O) groups excluding carboxylic acids is 1. The first-order valence-corrected chi connectivity index (χ1v) is 4.90. The molecule has 0 spiro atoms. The lowest BCUT2D eigenvalue weighted by molar-refractivity contribution is -0.114. The summed E-state index contributed by atoms with van der Waals surface area (Å²) in [6, 6.07) is 0. The topological polar surface area (TPSA) is 17.1 Å². The maximum Gasteiger partial charge on any atom is 0.155 e. The first-order valence-electron chi connectivity index (χ1n) is 4.90. The largest absolute Gasteiger partial charge is 0.295 e. The Balaban J connectivity index is 3.62. The van der Waals surface area contributed by atoms with E-state index in [-0.39, 0.29) is 5.78 Å². The Morgan fingerprint density at radius 2 is 1.92 bits per heavy atom. The highest BCUT2D eigenvalue weighted by Gasteiger charge is 1.94. The van der Waals surface area contributed by atoms with Gasteiger partial charge in [-0.25, -0.2) is 0 Å². The minimum atomic E-state index is 0.254. The summed E-state index contributed by atoms with van der Waals surface area (Å²) in [5, 5.41) is 0. The van der Waals surface area contributed by atoms with E-state index in [0.29, 0.717) is 6.42 Å². The molecule has 12 heavy (non-hydrogen) atoms. The molecular formula is C11H20O. The van der Waals surface area contributed by atoms with Crippen LogP contribution in [0.1, 0.15) is 52.9 Å². The van der Waals surface area contributed by atoms with Crippen LogP contribution >= 0.6 is 0 Å². The highest BCUT2D eigenvalue weighted by Crippen LogP contribution is 2.08. The van der Waals surface area contributed by atoms with Gasteiger partial charge in [0, 0.05) is 6.42 Å². The Kier molecular flexibility index (Phi) is 6.73. The molecule has 0 aromatic heterocycles. The zero-order chi connectivity index (χ0) is 9.40. The summed E-state index contributed by atoms with van der Waals surface area (Å²) in [4.78, 5) is 11.0. The predicted octanol–water partition coefficient (Wildman–Crippen LogP) is 3.49. The highest BCUT2D eigenvalue weighted by molar-refractivity contribution is 5.89. The van der Waals surface area contributed by atoms with Gasteiger partial charge in [0.2, 0.25) is 0 Å². The van der Waals surface area contributed by atoms with Gasteiger partial charge in [-0.3, -0.25) is 4.79 Å². The average molecular weight is 168 g/mol. The van der Waals surface area contributed by atoms with Gasteiger partial charge >= 0.3 is 0 Å². The third-order valence-electron chi connectivity index (χ3n) is 1.93. The summed E-state index contributed by atoms with van der Waals surface area (Å²) < 4.78 is 0. The maximum atomic E-state index is 11.0. The molecule has 0 aliphatic heterocycles. The molecule has 0 saturated heterocycles. The third-order valence-corrected chi connectivity index (χ3v) is 1.93. The quantitative estimate of drug-likeness (QED) is 0.438. The predicted molar refractivity (Wildman–Crippen MR) is 53.2 cm³/mol. The monoisotopic (exact) mass is 168 g/mol. The minimum absolute atomic E-state index is 0.254. The fourth-order valence-corrected chi connectivity index (χ4v) is 1.10. The van der Waals surface area contributed by atoms with Crippen molar-refractivity contribution in [3.8, 4) is 0 Å². The molecule has 0 heterocycles. The molecule has 1 nitrogen and oxygen atoms in total. The van der Waals surface area contributed by atoms with Crippen LogP contribution in [0.15, 0.2) is 11.6 Å². The maximum absolute atomic E-state index is 11.0. The summed E-state index contributed by atoms with van der Waals surface area (Å²) in [5.74, 6) is 0.254. The molecule has 0 amide bonds. The van der Waals surface area contributed by atoms with Gasteiger partial charge in [-0.2, -0.15) is 0 Å². The fraction of sp³-hybridized carbons (Fsp3) is 0.727. The number of hydrogen-bond donors (Lipinski definition) is 0. The second-order valence-corrected chi connectivity index (χ2v) is 3.27. The van der Waals surface area contributed by atoms with Crippen LogP contribution in [0, 0.1) is 0 Å². The molecule has 0 aliphatic carbocycles. The molecule has 0 bridgehead atoms. The van der Waals surface area contributed by atoms with E-state index < -0.39 is 0 Å². The van der Waals surface area contributed by atoms with Crippen molar-refractivity contribution in [3.05, 3.63) is 11.6 Å². The lowest BCUT2D eigenvalue weighted by Gasteiger charge is -1.98. The molecule has 0 fully saturated rings. The Hall–Kier alpha value is -0.590. The van der Waals surface area contributed by atoms with Gasteiger partial charge in [-0.05, 0) is 25.8 Å². The molecule has 0 saturated carbocycles. The minimum Gasteiger partial charge on any atom is -0.295 e. The summed E-state index contributed by atoms with van der Waals surface area (Å²) >= 11 is 0.